The van der Waals surface area contributed by atoms with Crippen LogP contribution >= 0.6 is 11.3 Å². The number of ketones is 1. The van der Waals surface area contributed by atoms with Crippen LogP contribution in [0.3, 0.4) is 0 Å². The summed E-state index contributed by atoms with van der Waals surface area (Å²) in [5.74, 6) is -0.205. The molecule has 2 fully saturated rings. The third kappa shape index (κ3) is 4.53. The first-order valence-electron chi connectivity index (χ1n) is 10.4. The van der Waals surface area contributed by atoms with Crippen molar-refractivity contribution in [2.24, 2.45) is 17.6 Å². The summed E-state index contributed by atoms with van der Waals surface area (Å²) in [6.07, 6.45) is 1.86. The molecule has 31 heavy (non-hydrogen) atoms. The van der Waals surface area contributed by atoms with Crippen LogP contribution in [0.1, 0.15) is 36.0 Å². The van der Waals surface area contributed by atoms with Gasteiger partial charge in [-0.15, -0.1) is 11.3 Å². The largest absolute Gasteiger partial charge is 0.370 e. The Balaban J connectivity index is 1.50. The van der Waals surface area contributed by atoms with Gasteiger partial charge in [-0.2, -0.15) is 0 Å². The summed E-state index contributed by atoms with van der Waals surface area (Å²) in [4.78, 5) is 44.4. The minimum atomic E-state index is -0.756. The van der Waals surface area contributed by atoms with E-state index in [-0.39, 0.29) is 29.5 Å². The first-order valence-corrected chi connectivity index (χ1v) is 11.2. The van der Waals surface area contributed by atoms with Crippen LogP contribution in [0.5, 0.6) is 0 Å². The maximum atomic E-state index is 13.3. The summed E-state index contributed by atoms with van der Waals surface area (Å²) in [7, 11) is 0. The Morgan fingerprint density at radius 1 is 1.35 bits per heavy atom. The van der Waals surface area contributed by atoms with E-state index in [0.717, 1.165) is 16.6 Å². The van der Waals surface area contributed by atoms with E-state index in [4.69, 9.17) is 11.1 Å². The molecule has 4 rings (SSSR count). The molecule has 164 valence electrons. The number of nitrogens with two attached hydrogens (primary N) is 1. The van der Waals surface area contributed by atoms with Gasteiger partial charge in [0, 0.05) is 20.0 Å². The van der Waals surface area contributed by atoms with Crippen molar-refractivity contribution in [1.82, 2.24) is 20.5 Å². The van der Waals surface area contributed by atoms with E-state index >= 15 is 0 Å². The molecular weight excluding hydrogens is 416 g/mol. The molecule has 4 atom stereocenters. The Morgan fingerprint density at radius 3 is 2.84 bits per heavy atom. The Labute approximate surface area is 183 Å². The van der Waals surface area contributed by atoms with Gasteiger partial charge in [0.2, 0.25) is 17.6 Å². The lowest BCUT2D eigenvalue weighted by Gasteiger charge is -2.27. The van der Waals surface area contributed by atoms with Crippen LogP contribution in [0.25, 0.3) is 10.2 Å². The van der Waals surface area contributed by atoms with Crippen LogP contribution in [0.4, 0.5) is 0 Å². The molecule has 1 saturated heterocycles. The van der Waals surface area contributed by atoms with Gasteiger partial charge in [0.05, 0.1) is 16.3 Å². The van der Waals surface area contributed by atoms with Gasteiger partial charge < -0.3 is 21.3 Å². The number of hydrogen-bond acceptors (Lipinski definition) is 6. The Bertz CT molecular complexity index is 1000. The van der Waals surface area contributed by atoms with E-state index in [0.29, 0.717) is 36.9 Å². The predicted molar refractivity (Wildman–Crippen MR) is 118 cm³/mol. The minimum Gasteiger partial charge on any atom is -0.370 e. The van der Waals surface area contributed by atoms with Gasteiger partial charge in [0.15, 0.2) is 11.0 Å². The van der Waals surface area contributed by atoms with E-state index in [1.807, 2.05) is 24.3 Å². The highest BCUT2D eigenvalue weighted by atomic mass is 32.1. The number of rotatable bonds is 8. The highest BCUT2D eigenvalue weighted by molar-refractivity contribution is 7.20. The van der Waals surface area contributed by atoms with Crippen LogP contribution in [0.2, 0.25) is 0 Å². The van der Waals surface area contributed by atoms with E-state index in [1.54, 1.807) is 4.90 Å². The van der Waals surface area contributed by atoms with Crippen molar-refractivity contribution in [3.8, 4) is 0 Å². The van der Waals surface area contributed by atoms with Gasteiger partial charge in [-0.3, -0.25) is 19.8 Å². The summed E-state index contributed by atoms with van der Waals surface area (Å²) in [6.45, 7) is 2.50. The predicted octanol–water partition coefficient (Wildman–Crippen LogP) is 1.09. The third-order valence-corrected chi connectivity index (χ3v) is 7.00. The topological polar surface area (TPSA) is 141 Å². The normalized spacial score (nSPS) is 22.6. The highest BCUT2D eigenvalue weighted by Gasteiger charge is 2.56. The summed E-state index contributed by atoms with van der Waals surface area (Å²) < 4.78 is 0.911. The molecule has 9 nitrogen and oxygen atoms in total. The van der Waals surface area contributed by atoms with Gasteiger partial charge in [-0.25, -0.2) is 4.98 Å². The van der Waals surface area contributed by atoms with Gasteiger partial charge >= 0.3 is 0 Å². The number of likely N-dealkylation sites (tertiary alicyclic amines) is 1. The van der Waals surface area contributed by atoms with Crippen molar-refractivity contribution >= 4 is 45.1 Å². The number of carbonyl (C=O) groups is 3. The van der Waals surface area contributed by atoms with Crippen molar-refractivity contribution < 1.29 is 14.4 Å². The quantitative estimate of drug-likeness (QED) is 0.209. The molecule has 2 aliphatic rings. The van der Waals surface area contributed by atoms with Gasteiger partial charge in [-0.05, 0) is 43.2 Å². The van der Waals surface area contributed by atoms with Crippen LogP contribution in [0, 0.1) is 17.2 Å². The zero-order chi connectivity index (χ0) is 22.1. The zero-order valence-electron chi connectivity index (χ0n) is 17.3. The van der Waals surface area contributed by atoms with Crippen molar-refractivity contribution in [2.75, 3.05) is 13.1 Å². The van der Waals surface area contributed by atoms with Crippen LogP contribution < -0.4 is 16.4 Å². The Hall–Kier alpha value is -3.01. The van der Waals surface area contributed by atoms with Gasteiger partial charge in [0.1, 0.15) is 6.04 Å². The minimum absolute atomic E-state index is 0.118. The number of benzene rings is 1. The highest BCUT2D eigenvalue weighted by Crippen LogP contribution is 2.49. The number of Topliss-reactive ketones (excluding diaryl/α,β-unsaturated/α-hetero) is 1. The Morgan fingerprint density at radius 2 is 2.13 bits per heavy atom. The number of nitrogens with zero attached hydrogens (tertiary/aromatic N) is 2. The van der Waals surface area contributed by atoms with Crippen molar-refractivity contribution in [3.63, 3.8) is 0 Å². The lowest BCUT2D eigenvalue weighted by Crippen LogP contribution is -2.52. The molecular formula is C21H26N6O3S. The fourth-order valence-corrected chi connectivity index (χ4v) is 5.27. The number of amides is 2. The summed E-state index contributed by atoms with van der Waals surface area (Å²) >= 11 is 1.31. The number of guanidine groups is 1. The molecule has 1 aromatic heterocycles. The molecule has 1 aliphatic carbocycles. The second-order valence-electron chi connectivity index (χ2n) is 8.17. The first-order chi connectivity index (χ1) is 14.8. The van der Waals surface area contributed by atoms with Crippen LogP contribution in [-0.4, -0.2) is 58.6 Å². The molecule has 1 aromatic carbocycles. The van der Waals surface area contributed by atoms with Gasteiger partial charge in [-0.1, -0.05) is 12.1 Å². The monoisotopic (exact) mass is 442 g/mol. The number of fused-ring (bicyclic) bond motifs is 2. The number of piperidine rings is 1. The van der Waals surface area contributed by atoms with E-state index in [9.17, 15) is 14.4 Å². The van der Waals surface area contributed by atoms with Gasteiger partial charge in [0.25, 0.3) is 0 Å². The molecule has 1 aliphatic heterocycles. The summed E-state index contributed by atoms with van der Waals surface area (Å²) in [6, 6.07) is 6.25. The van der Waals surface area contributed by atoms with Crippen molar-refractivity contribution in [2.45, 2.75) is 38.3 Å². The second-order valence-corrected chi connectivity index (χ2v) is 9.20. The number of hydrogen-bond donors (Lipinski definition) is 4. The molecule has 2 amide bonds. The zero-order valence-corrected chi connectivity index (χ0v) is 18.1. The fourth-order valence-electron chi connectivity index (χ4n) is 4.31. The average Bonchev–Trinajstić information content (AvgIpc) is 3.19. The molecule has 2 heterocycles. The third-order valence-electron chi connectivity index (χ3n) is 5.95. The molecule has 1 unspecified atom stereocenters. The number of nitrogens with one attached hydrogen (secondary N) is 3. The molecule has 5 N–H and O–H groups in total. The average molecular weight is 443 g/mol. The molecule has 10 heteroatoms. The molecule has 0 radical (unpaired) electrons. The number of aromatic nitrogens is 1. The molecule has 2 aromatic rings. The SMILES string of the molecule is CC(=O)N1C[C@@H]2C[C@H]2[C@H]1C(=O)NC(CCCNC(=N)N)C(=O)c1nc2ccccc2s1. The maximum Gasteiger partial charge on any atom is 0.243 e. The standard InChI is InChI=1S/C21H26N6O3S/c1-11(28)27-10-12-9-13(12)17(27)19(30)25-15(6-4-8-24-21(22)23)18(29)20-26-14-5-2-3-7-16(14)31-20/h2-3,5,7,12-13,15,17H,4,6,8-10H2,1H3,(H,25,30)(H4,22,23,24)/t12-,13+,15?,17-/m0/s1. The lowest BCUT2D eigenvalue weighted by molar-refractivity contribution is -0.138. The van der Waals surface area contributed by atoms with E-state index in [2.05, 4.69) is 15.6 Å². The lowest BCUT2D eigenvalue weighted by atomic mass is 10.0. The Kier molecular flexibility index (Phi) is 5.90. The van der Waals surface area contributed by atoms with Crippen LogP contribution in [0.15, 0.2) is 24.3 Å². The van der Waals surface area contributed by atoms with E-state index in [1.165, 1.54) is 18.3 Å². The van der Waals surface area contributed by atoms with Crippen molar-refractivity contribution in [3.05, 3.63) is 29.3 Å². The van der Waals surface area contributed by atoms with Crippen molar-refractivity contribution in [1.29, 1.82) is 5.41 Å². The van der Waals surface area contributed by atoms with E-state index < -0.39 is 12.1 Å². The maximum absolute atomic E-state index is 13.3. The number of thiazole rings is 1. The number of para-hydroxylation sites is 1. The van der Waals surface area contributed by atoms with Crippen LogP contribution in [-0.2, 0) is 9.59 Å². The number of carbonyl (C=O) groups excluding carboxylic acids is 3. The second kappa shape index (κ2) is 8.62. The fraction of sp³-hybridized carbons (Fsp3) is 0.476. The molecule has 0 bridgehead atoms. The smallest absolute Gasteiger partial charge is 0.243 e. The molecule has 0 spiro atoms. The first kappa shape index (κ1) is 21.2. The summed E-state index contributed by atoms with van der Waals surface area (Å²) in [5, 5.41) is 13.2. The summed E-state index contributed by atoms with van der Waals surface area (Å²) in [5.41, 5.74) is 6.07. The molecule has 1 saturated carbocycles.